The first-order valence-corrected chi connectivity index (χ1v) is 10.1. The minimum Gasteiger partial charge on any atom is -0.481 e. The van der Waals surface area contributed by atoms with E-state index in [0.29, 0.717) is 28.6 Å². The molecule has 1 saturated heterocycles. The number of amides is 1. The number of carbonyl (C=O) groups is 1. The Labute approximate surface area is 174 Å². The number of nitrogens with zero attached hydrogens (tertiary/aromatic N) is 8. The van der Waals surface area contributed by atoms with E-state index < -0.39 is 0 Å². The molecule has 1 amide bonds. The van der Waals surface area contributed by atoms with Crippen molar-refractivity contribution in [2.75, 3.05) is 33.3 Å². The molecule has 1 aliphatic carbocycles. The topological polar surface area (TPSA) is 94.2 Å². The molecular formula is C20H24N8O2. The second kappa shape index (κ2) is 7.52. The van der Waals surface area contributed by atoms with Crippen LogP contribution in [0.15, 0.2) is 30.6 Å². The largest absolute Gasteiger partial charge is 0.481 e. The standard InChI is InChI=1S/C20H24N8O2/c1-25-13-17(22-24-25)18-11-16(23-28(18)15-5-6-19(30-2)21-12-15)20(29)27-9-7-26(8-10-27)14-3-4-14/h5-6,11-14H,3-4,7-10H2,1-2H3. The van der Waals surface area contributed by atoms with Crippen LogP contribution in [0.2, 0.25) is 0 Å². The average Bonchev–Trinajstić information content (AvgIpc) is 3.40. The summed E-state index contributed by atoms with van der Waals surface area (Å²) in [4.78, 5) is 21.8. The van der Waals surface area contributed by atoms with Gasteiger partial charge in [-0.25, -0.2) is 9.67 Å². The highest BCUT2D eigenvalue weighted by Gasteiger charge is 2.33. The number of methoxy groups -OCH3 is 1. The predicted octanol–water partition coefficient (Wildman–Crippen LogP) is 0.992. The maximum Gasteiger partial charge on any atom is 0.274 e. The highest BCUT2D eigenvalue weighted by molar-refractivity contribution is 5.93. The van der Waals surface area contributed by atoms with Gasteiger partial charge in [0.05, 0.1) is 30.9 Å². The molecule has 0 radical (unpaired) electrons. The molecule has 156 valence electrons. The van der Waals surface area contributed by atoms with Crippen molar-refractivity contribution in [3.8, 4) is 23.0 Å². The third-order valence-corrected chi connectivity index (χ3v) is 5.63. The van der Waals surface area contributed by atoms with E-state index in [1.807, 2.05) is 11.0 Å². The van der Waals surface area contributed by atoms with Crippen LogP contribution in [-0.2, 0) is 7.05 Å². The van der Waals surface area contributed by atoms with Crippen LogP contribution in [0.1, 0.15) is 23.3 Å². The van der Waals surface area contributed by atoms with Crippen LogP contribution in [0.25, 0.3) is 17.1 Å². The summed E-state index contributed by atoms with van der Waals surface area (Å²) in [6.07, 6.45) is 6.03. The zero-order valence-electron chi connectivity index (χ0n) is 17.1. The zero-order chi connectivity index (χ0) is 20.7. The summed E-state index contributed by atoms with van der Waals surface area (Å²) in [5, 5.41) is 12.8. The fourth-order valence-corrected chi connectivity index (χ4v) is 3.84. The summed E-state index contributed by atoms with van der Waals surface area (Å²) in [6.45, 7) is 3.31. The molecule has 1 aliphatic heterocycles. The summed E-state index contributed by atoms with van der Waals surface area (Å²) in [5.74, 6) is 0.451. The number of aromatic nitrogens is 6. The SMILES string of the molecule is COc1ccc(-n2nc(C(=O)N3CCN(C4CC4)CC3)cc2-c2cn(C)nn2)cn1. The van der Waals surface area contributed by atoms with Crippen molar-refractivity contribution in [2.45, 2.75) is 18.9 Å². The molecule has 3 aromatic heterocycles. The van der Waals surface area contributed by atoms with Crippen LogP contribution in [0, 0.1) is 0 Å². The number of pyridine rings is 1. The van der Waals surface area contributed by atoms with Crippen LogP contribution >= 0.6 is 0 Å². The van der Waals surface area contributed by atoms with Gasteiger partial charge < -0.3 is 9.64 Å². The normalized spacial score (nSPS) is 17.3. The van der Waals surface area contributed by atoms with Gasteiger partial charge >= 0.3 is 0 Å². The van der Waals surface area contributed by atoms with Crippen LogP contribution in [0.4, 0.5) is 0 Å². The molecular weight excluding hydrogens is 384 g/mol. The molecule has 0 N–H and O–H groups in total. The van der Waals surface area contributed by atoms with Gasteiger partial charge in [0, 0.05) is 45.3 Å². The Morgan fingerprint density at radius 3 is 2.57 bits per heavy atom. The van der Waals surface area contributed by atoms with Gasteiger partial charge in [-0.3, -0.25) is 14.4 Å². The summed E-state index contributed by atoms with van der Waals surface area (Å²) in [5.41, 5.74) is 2.44. The minimum absolute atomic E-state index is 0.0594. The molecule has 0 unspecified atom stereocenters. The van der Waals surface area contributed by atoms with E-state index in [1.54, 1.807) is 48.0 Å². The molecule has 10 heteroatoms. The van der Waals surface area contributed by atoms with E-state index in [2.05, 4.69) is 25.3 Å². The summed E-state index contributed by atoms with van der Waals surface area (Å²) < 4.78 is 8.45. The molecule has 0 atom stereocenters. The smallest absolute Gasteiger partial charge is 0.274 e. The summed E-state index contributed by atoms with van der Waals surface area (Å²) in [6, 6.07) is 6.12. The van der Waals surface area contributed by atoms with Crippen LogP contribution in [0.3, 0.4) is 0 Å². The number of ether oxygens (including phenoxy) is 1. The third kappa shape index (κ3) is 3.54. The van der Waals surface area contributed by atoms with Gasteiger partial charge in [0.1, 0.15) is 5.69 Å². The number of piperazine rings is 1. The molecule has 4 heterocycles. The molecule has 0 aromatic carbocycles. The van der Waals surface area contributed by atoms with Gasteiger partial charge in [-0.1, -0.05) is 5.21 Å². The highest BCUT2D eigenvalue weighted by Crippen LogP contribution is 2.28. The first-order chi connectivity index (χ1) is 14.6. The van der Waals surface area contributed by atoms with Crippen molar-refractivity contribution in [1.29, 1.82) is 0 Å². The van der Waals surface area contributed by atoms with Crippen molar-refractivity contribution < 1.29 is 9.53 Å². The third-order valence-electron chi connectivity index (χ3n) is 5.63. The molecule has 3 aromatic rings. The van der Waals surface area contributed by atoms with E-state index in [9.17, 15) is 4.79 Å². The maximum absolute atomic E-state index is 13.2. The fourth-order valence-electron chi connectivity index (χ4n) is 3.84. The lowest BCUT2D eigenvalue weighted by Gasteiger charge is -2.34. The Hall–Kier alpha value is -3.27. The molecule has 30 heavy (non-hydrogen) atoms. The van der Waals surface area contributed by atoms with E-state index in [1.165, 1.54) is 12.8 Å². The fraction of sp³-hybridized carbons (Fsp3) is 0.450. The predicted molar refractivity (Wildman–Crippen MR) is 108 cm³/mol. The number of hydrogen-bond acceptors (Lipinski definition) is 7. The van der Waals surface area contributed by atoms with E-state index in [4.69, 9.17) is 4.74 Å². The number of aryl methyl sites for hydroxylation is 1. The minimum atomic E-state index is -0.0594. The second-order valence-electron chi connectivity index (χ2n) is 7.72. The molecule has 2 fully saturated rings. The number of rotatable bonds is 5. The van der Waals surface area contributed by atoms with Crippen molar-refractivity contribution in [3.63, 3.8) is 0 Å². The van der Waals surface area contributed by atoms with Crippen molar-refractivity contribution in [1.82, 2.24) is 39.6 Å². The molecule has 0 spiro atoms. The van der Waals surface area contributed by atoms with Gasteiger partial charge in [0.2, 0.25) is 5.88 Å². The van der Waals surface area contributed by atoms with E-state index in [-0.39, 0.29) is 5.91 Å². The quantitative estimate of drug-likeness (QED) is 0.621. The van der Waals surface area contributed by atoms with E-state index in [0.717, 1.165) is 32.2 Å². The monoisotopic (exact) mass is 408 g/mol. The zero-order valence-corrected chi connectivity index (χ0v) is 17.1. The lowest BCUT2D eigenvalue weighted by molar-refractivity contribution is 0.0621. The number of carbonyl (C=O) groups excluding carboxylic acids is 1. The Morgan fingerprint density at radius 2 is 1.97 bits per heavy atom. The van der Waals surface area contributed by atoms with Gasteiger partial charge in [-0.2, -0.15) is 5.10 Å². The van der Waals surface area contributed by atoms with Crippen LogP contribution in [0.5, 0.6) is 5.88 Å². The second-order valence-corrected chi connectivity index (χ2v) is 7.72. The van der Waals surface area contributed by atoms with Gasteiger partial charge in [-0.05, 0) is 25.0 Å². The molecule has 0 bridgehead atoms. The molecule has 2 aliphatic rings. The Bertz CT molecular complexity index is 1050. The maximum atomic E-state index is 13.2. The Kier molecular flexibility index (Phi) is 4.70. The molecule has 1 saturated carbocycles. The van der Waals surface area contributed by atoms with Gasteiger partial charge in [0.15, 0.2) is 5.69 Å². The van der Waals surface area contributed by atoms with Crippen molar-refractivity contribution in [2.24, 2.45) is 7.05 Å². The lowest BCUT2D eigenvalue weighted by atomic mass is 10.2. The molecule has 10 nitrogen and oxygen atoms in total. The highest BCUT2D eigenvalue weighted by atomic mass is 16.5. The average molecular weight is 408 g/mol. The first-order valence-electron chi connectivity index (χ1n) is 10.1. The van der Waals surface area contributed by atoms with Gasteiger partial charge in [-0.15, -0.1) is 5.10 Å². The Morgan fingerprint density at radius 1 is 1.17 bits per heavy atom. The van der Waals surface area contributed by atoms with Crippen LogP contribution < -0.4 is 4.74 Å². The van der Waals surface area contributed by atoms with Crippen molar-refractivity contribution in [3.05, 3.63) is 36.3 Å². The first kappa shape index (κ1) is 18.7. The number of hydrogen-bond donors (Lipinski definition) is 0. The van der Waals surface area contributed by atoms with Gasteiger partial charge in [0.25, 0.3) is 5.91 Å². The lowest BCUT2D eigenvalue weighted by Crippen LogP contribution is -2.49. The van der Waals surface area contributed by atoms with Crippen LogP contribution in [-0.4, -0.2) is 84.8 Å². The molecule has 5 rings (SSSR count). The van der Waals surface area contributed by atoms with E-state index >= 15 is 0 Å². The van der Waals surface area contributed by atoms with Crippen molar-refractivity contribution >= 4 is 5.91 Å². The summed E-state index contributed by atoms with van der Waals surface area (Å²) in [7, 11) is 3.37. The Balaban J connectivity index is 1.45. The summed E-state index contributed by atoms with van der Waals surface area (Å²) >= 11 is 0.